The van der Waals surface area contributed by atoms with Gasteiger partial charge < -0.3 is 4.90 Å². The first-order valence-corrected chi connectivity index (χ1v) is 10.0. The van der Waals surface area contributed by atoms with Crippen LogP contribution in [0.4, 0.5) is 5.82 Å². The molecule has 6 nitrogen and oxygen atoms in total. The lowest BCUT2D eigenvalue weighted by molar-refractivity contribution is 0.707. The molecule has 130 valence electrons. The maximum Gasteiger partial charge on any atom is 0.203 e. The van der Waals surface area contributed by atoms with E-state index < -0.39 is 0 Å². The maximum absolute atomic E-state index is 4.90. The molecule has 0 spiro atoms. The smallest absolute Gasteiger partial charge is 0.203 e. The minimum Gasteiger partial charge on any atom is -0.344 e. The third-order valence-corrected chi connectivity index (χ3v) is 6.54. The number of fused-ring (bicyclic) bond motifs is 2. The molecule has 1 aliphatic carbocycles. The van der Waals surface area contributed by atoms with Gasteiger partial charge in [0.25, 0.3) is 0 Å². The first-order valence-electron chi connectivity index (χ1n) is 9.20. The van der Waals surface area contributed by atoms with E-state index in [4.69, 9.17) is 9.97 Å². The zero-order valence-corrected chi connectivity index (χ0v) is 15.1. The summed E-state index contributed by atoms with van der Waals surface area (Å²) in [6, 6.07) is 8.64. The van der Waals surface area contributed by atoms with Gasteiger partial charge in [-0.05, 0) is 37.8 Å². The van der Waals surface area contributed by atoms with Crippen molar-refractivity contribution < 1.29 is 0 Å². The lowest BCUT2D eigenvalue weighted by Crippen LogP contribution is -2.24. The van der Waals surface area contributed by atoms with Crippen molar-refractivity contribution >= 4 is 33.0 Å². The van der Waals surface area contributed by atoms with Crippen molar-refractivity contribution in [2.24, 2.45) is 0 Å². The Bertz CT molecular complexity index is 1080. The van der Waals surface area contributed by atoms with E-state index in [0.717, 1.165) is 42.2 Å². The SMILES string of the molecule is c1ccc2sc(C3CCCN3c3nccn4c(C5CC5)nnc34)nc2c1. The molecule has 1 aromatic carbocycles. The van der Waals surface area contributed by atoms with E-state index in [9.17, 15) is 0 Å². The van der Waals surface area contributed by atoms with Gasteiger partial charge in [0, 0.05) is 24.9 Å². The van der Waals surface area contributed by atoms with Crippen LogP contribution < -0.4 is 4.90 Å². The van der Waals surface area contributed by atoms with Gasteiger partial charge in [0.2, 0.25) is 5.65 Å². The topological polar surface area (TPSA) is 59.2 Å². The van der Waals surface area contributed by atoms with Crippen LogP contribution in [0, 0.1) is 0 Å². The lowest BCUT2D eigenvalue weighted by Gasteiger charge is -2.24. The predicted octanol–water partition coefficient (Wildman–Crippen LogP) is 3.95. The molecule has 0 amide bonds. The van der Waals surface area contributed by atoms with Crippen LogP contribution in [0.2, 0.25) is 0 Å². The second-order valence-corrected chi connectivity index (χ2v) is 8.21. The molecule has 2 aliphatic rings. The third-order valence-electron chi connectivity index (χ3n) is 5.40. The van der Waals surface area contributed by atoms with Crippen molar-refractivity contribution in [2.75, 3.05) is 11.4 Å². The zero-order valence-electron chi connectivity index (χ0n) is 14.2. The van der Waals surface area contributed by atoms with Crippen molar-refractivity contribution in [3.05, 3.63) is 47.5 Å². The molecule has 0 bridgehead atoms. The number of para-hydroxylation sites is 1. The molecule has 4 aromatic rings. The van der Waals surface area contributed by atoms with Gasteiger partial charge in [0.1, 0.15) is 10.8 Å². The van der Waals surface area contributed by atoms with Crippen LogP contribution in [0.3, 0.4) is 0 Å². The van der Waals surface area contributed by atoms with Gasteiger partial charge in [0.05, 0.1) is 16.3 Å². The standard InChI is InChI=1S/C19H18N6S/c1-2-6-15-13(4-1)21-19(26-15)14-5-3-10-24(14)17-18-23-22-16(12-7-8-12)25(18)11-9-20-17/h1-2,4,6,9,11-12,14H,3,5,7-8,10H2. The fourth-order valence-electron chi connectivity index (χ4n) is 3.96. The van der Waals surface area contributed by atoms with Gasteiger partial charge in [-0.1, -0.05) is 12.1 Å². The molecule has 2 fully saturated rings. The minimum absolute atomic E-state index is 0.271. The Kier molecular flexibility index (Phi) is 3.08. The van der Waals surface area contributed by atoms with Crippen LogP contribution >= 0.6 is 11.3 Å². The molecule has 7 heteroatoms. The molecule has 1 atom stereocenters. The lowest BCUT2D eigenvalue weighted by atomic mass is 10.2. The normalized spacial score (nSPS) is 20.5. The minimum atomic E-state index is 0.271. The maximum atomic E-state index is 4.90. The van der Waals surface area contributed by atoms with Crippen LogP contribution in [0.25, 0.3) is 15.9 Å². The predicted molar refractivity (Wildman–Crippen MR) is 102 cm³/mol. The molecule has 1 saturated carbocycles. The number of aromatic nitrogens is 5. The summed E-state index contributed by atoms with van der Waals surface area (Å²) in [5.41, 5.74) is 1.96. The number of rotatable bonds is 3. The summed E-state index contributed by atoms with van der Waals surface area (Å²) >= 11 is 1.80. The number of hydrogen-bond acceptors (Lipinski definition) is 6. The number of thiazole rings is 1. The Balaban J connectivity index is 1.44. The summed E-state index contributed by atoms with van der Waals surface area (Å²) in [4.78, 5) is 12.0. The van der Waals surface area contributed by atoms with Gasteiger partial charge in [-0.3, -0.25) is 4.40 Å². The highest BCUT2D eigenvalue weighted by Gasteiger charge is 2.33. The molecule has 3 aromatic heterocycles. The highest BCUT2D eigenvalue weighted by molar-refractivity contribution is 7.18. The van der Waals surface area contributed by atoms with Crippen LogP contribution in [0.15, 0.2) is 36.7 Å². The van der Waals surface area contributed by atoms with Gasteiger partial charge in [-0.25, -0.2) is 9.97 Å². The Morgan fingerprint density at radius 1 is 1.08 bits per heavy atom. The number of benzene rings is 1. The van der Waals surface area contributed by atoms with Crippen molar-refractivity contribution in [2.45, 2.75) is 37.6 Å². The van der Waals surface area contributed by atoms with E-state index in [1.165, 1.54) is 22.5 Å². The van der Waals surface area contributed by atoms with Crippen molar-refractivity contribution in [1.82, 2.24) is 24.6 Å². The Labute approximate surface area is 154 Å². The number of hydrogen-bond donors (Lipinski definition) is 0. The van der Waals surface area contributed by atoms with Crippen molar-refractivity contribution in [3.63, 3.8) is 0 Å². The first kappa shape index (κ1) is 14.6. The highest BCUT2D eigenvalue weighted by Crippen LogP contribution is 2.42. The van der Waals surface area contributed by atoms with E-state index >= 15 is 0 Å². The Hall–Kier alpha value is -2.54. The summed E-state index contributed by atoms with van der Waals surface area (Å²) in [5, 5.41) is 10.1. The summed E-state index contributed by atoms with van der Waals surface area (Å²) in [6.45, 7) is 0.985. The first-order chi connectivity index (χ1) is 12.9. The molecule has 4 heterocycles. The fourth-order valence-corrected chi connectivity index (χ4v) is 5.08. The van der Waals surface area contributed by atoms with Gasteiger partial charge in [-0.15, -0.1) is 21.5 Å². The van der Waals surface area contributed by atoms with E-state index in [1.54, 1.807) is 11.3 Å². The summed E-state index contributed by atoms with van der Waals surface area (Å²) < 4.78 is 3.38. The summed E-state index contributed by atoms with van der Waals surface area (Å²) in [6.07, 6.45) is 8.56. The van der Waals surface area contributed by atoms with Crippen LogP contribution in [-0.4, -0.2) is 31.1 Å². The van der Waals surface area contributed by atoms with Crippen LogP contribution in [0.1, 0.15) is 48.5 Å². The molecule has 6 rings (SSSR count). The van der Waals surface area contributed by atoms with Crippen LogP contribution in [-0.2, 0) is 0 Å². The average Bonchev–Trinajstić information content (AvgIpc) is 3.11. The average molecular weight is 362 g/mol. The van der Waals surface area contributed by atoms with Gasteiger partial charge in [-0.2, -0.15) is 0 Å². The summed E-state index contributed by atoms with van der Waals surface area (Å²) in [5.74, 6) is 2.59. The molecule has 1 unspecified atom stereocenters. The zero-order chi connectivity index (χ0) is 17.1. The largest absolute Gasteiger partial charge is 0.344 e. The monoisotopic (exact) mass is 362 g/mol. The van der Waals surface area contributed by atoms with E-state index in [0.29, 0.717) is 5.92 Å². The van der Waals surface area contributed by atoms with Gasteiger partial charge in [0.15, 0.2) is 5.82 Å². The summed E-state index contributed by atoms with van der Waals surface area (Å²) in [7, 11) is 0. The quantitative estimate of drug-likeness (QED) is 0.552. The number of nitrogens with zero attached hydrogens (tertiary/aromatic N) is 6. The molecule has 0 N–H and O–H groups in total. The fraction of sp³-hybridized carbons (Fsp3) is 0.368. The third kappa shape index (κ3) is 2.16. The molecule has 1 saturated heterocycles. The van der Waals surface area contributed by atoms with E-state index in [2.05, 4.69) is 43.8 Å². The Morgan fingerprint density at radius 2 is 2.00 bits per heavy atom. The van der Waals surface area contributed by atoms with E-state index in [1.807, 2.05) is 12.4 Å². The van der Waals surface area contributed by atoms with Gasteiger partial charge >= 0.3 is 0 Å². The molecule has 1 aliphatic heterocycles. The molecule has 0 radical (unpaired) electrons. The number of anilines is 1. The van der Waals surface area contributed by atoms with E-state index in [-0.39, 0.29) is 6.04 Å². The van der Waals surface area contributed by atoms with Crippen molar-refractivity contribution in [1.29, 1.82) is 0 Å². The second kappa shape index (κ2) is 5.48. The van der Waals surface area contributed by atoms with Crippen LogP contribution in [0.5, 0.6) is 0 Å². The molecule has 26 heavy (non-hydrogen) atoms. The second-order valence-electron chi connectivity index (χ2n) is 7.15. The van der Waals surface area contributed by atoms with Crippen molar-refractivity contribution in [3.8, 4) is 0 Å². The molecular formula is C19H18N6S. The molecular weight excluding hydrogens is 344 g/mol. The highest BCUT2D eigenvalue weighted by atomic mass is 32.1. The Morgan fingerprint density at radius 3 is 2.88 bits per heavy atom.